The maximum atomic E-state index is 7.23. The highest BCUT2D eigenvalue weighted by atomic mass is 16.3. The van der Waals surface area contributed by atoms with Gasteiger partial charge in [-0.1, -0.05) is 146 Å². The topological polar surface area (TPSA) is 19.6 Å². The Kier molecular flexibility index (Phi) is 8.31. The second-order valence-corrected chi connectivity index (χ2v) is 14.1. The first-order valence-corrected chi connectivity index (χ1v) is 19.0. The molecule has 9 aromatic rings. The van der Waals surface area contributed by atoms with E-state index in [2.05, 4.69) is 222 Å². The van der Waals surface area contributed by atoms with E-state index in [1.54, 1.807) is 0 Å². The molecule has 0 radical (unpaired) electrons. The number of hydrogen-bond donors (Lipinski definition) is 0. The number of rotatable bonds is 8. The molecule has 0 fully saturated rings. The number of benzene rings is 8. The third-order valence-corrected chi connectivity index (χ3v) is 10.7. The fourth-order valence-electron chi connectivity index (χ4n) is 8.13. The van der Waals surface area contributed by atoms with Gasteiger partial charge in [-0.25, -0.2) is 0 Å². The zero-order valence-electron chi connectivity index (χ0n) is 30.3. The highest BCUT2D eigenvalue weighted by Crippen LogP contribution is 2.50. The van der Waals surface area contributed by atoms with Gasteiger partial charge in [-0.3, -0.25) is 0 Å². The molecule has 0 saturated carbocycles. The van der Waals surface area contributed by atoms with E-state index in [0.29, 0.717) is 5.92 Å². The third kappa shape index (κ3) is 5.97. The molecule has 0 spiro atoms. The van der Waals surface area contributed by atoms with E-state index in [9.17, 15) is 0 Å². The smallest absolute Gasteiger partial charge is 0.161 e. The van der Waals surface area contributed by atoms with Crippen molar-refractivity contribution in [2.45, 2.75) is 12.3 Å². The van der Waals surface area contributed by atoms with Crippen LogP contribution < -0.4 is 9.80 Å². The van der Waals surface area contributed by atoms with Crippen molar-refractivity contribution in [2.75, 3.05) is 9.80 Å². The van der Waals surface area contributed by atoms with Gasteiger partial charge in [-0.15, -0.1) is 0 Å². The number of fused-ring (bicyclic) bond motifs is 5. The summed E-state index contributed by atoms with van der Waals surface area (Å²) in [6.45, 7) is 0. The predicted octanol–water partition coefficient (Wildman–Crippen LogP) is 14.9. The van der Waals surface area contributed by atoms with Crippen LogP contribution in [0.4, 0.5) is 34.1 Å². The van der Waals surface area contributed by atoms with Crippen LogP contribution in [-0.2, 0) is 0 Å². The Balaban J connectivity index is 1.26. The molecule has 8 aromatic carbocycles. The molecule has 0 aliphatic heterocycles. The van der Waals surface area contributed by atoms with Crippen LogP contribution in [-0.4, -0.2) is 0 Å². The van der Waals surface area contributed by atoms with Crippen LogP contribution in [0, 0.1) is 0 Å². The Hall–Kier alpha value is -7.10. The van der Waals surface area contributed by atoms with Crippen molar-refractivity contribution < 1.29 is 4.42 Å². The predicted molar refractivity (Wildman–Crippen MR) is 232 cm³/mol. The van der Waals surface area contributed by atoms with Gasteiger partial charge < -0.3 is 14.2 Å². The largest absolute Gasteiger partial charge is 0.453 e. The van der Waals surface area contributed by atoms with Crippen molar-refractivity contribution >= 4 is 66.8 Å². The van der Waals surface area contributed by atoms with E-state index >= 15 is 0 Å². The van der Waals surface area contributed by atoms with Gasteiger partial charge in [-0.05, 0) is 95.2 Å². The molecule has 10 rings (SSSR count). The molecule has 1 unspecified atom stereocenters. The molecular weight excluding hydrogens is 669 g/mol. The Morgan fingerprint density at radius 3 is 1.80 bits per heavy atom. The summed E-state index contributed by atoms with van der Waals surface area (Å²) >= 11 is 0. The Morgan fingerprint density at radius 1 is 0.436 bits per heavy atom. The molecule has 3 heteroatoms. The molecule has 1 aliphatic carbocycles. The summed E-state index contributed by atoms with van der Waals surface area (Å²) in [7, 11) is 0. The first kappa shape index (κ1) is 32.5. The molecule has 0 saturated heterocycles. The first-order valence-electron chi connectivity index (χ1n) is 19.0. The molecule has 55 heavy (non-hydrogen) atoms. The van der Waals surface area contributed by atoms with E-state index in [0.717, 1.165) is 78.8 Å². The summed E-state index contributed by atoms with van der Waals surface area (Å²) in [5.41, 5.74) is 11.7. The van der Waals surface area contributed by atoms with Gasteiger partial charge in [0.15, 0.2) is 5.58 Å². The molecule has 0 bridgehead atoms. The van der Waals surface area contributed by atoms with Crippen molar-refractivity contribution in [3.8, 4) is 11.1 Å². The van der Waals surface area contributed by atoms with Gasteiger partial charge in [0.1, 0.15) is 5.58 Å². The average molecular weight is 707 g/mol. The van der Waals surface area contributed by atoms with E-state index in [1.807, 2.05) is 0 Å². The molecule has 0 N–H and O–H groups in total. The third-order valence-electron chi connectivity index (χ3n) is 10.7. The minimum atomic E-state index is 0.327. The van der Waals surface area contributed by atoms with E-state index in [-0.39, 0.29) is 0 Å². The van der Waals surface area contributed by atoms with E-state index < -0.39 is 0 Å². The van der Waals surface area contributed by atoms with Crippen LogP contribution in [0.3, 0.4) is 0 Å². The van der Waals surface area contributed by atoms with E-state index in [1.165, 1.54) is 11.1 Å². The summed E-state index contributed by atoms with van der Waals surface area (Å²) in [6, 6.07) is 67.2. The van der Waals surface area contributed by atoms with Crippen LogP contribution in [0.25, 0.3) is 43.8 Å². The second-order valence-electron chi connectivity index (χ2n) is 14.1. The maximum absolute atomic E-state index is 7.23. The van der Waals surface area contributed by atoms with Crippen molar-refractivity contribution in [3.05, 3.63) is 218 Å². The lowest BCUT2D eigenvalue weighted by molar-refractivity contribution is 0.673. The monoisotopic (exact) mass is 706 g/mol. The van der Waals surface area contributed by atoms with Crippen molar-refractivity contribution in [3.63, 3.8) is 0 Å². The Bertz CT molecular complexity index is 2850. The lowest BCUT2D eigenvalue weighted by Crippen LogP contribution is -2.13. The molecular formula is C52H38N2O. The fraction of sp³-hybridized carbons (Fsp3) is 0.0385. The lowest BCUT2D eigenvalue weighted by atomic mass is 9.92. The summed E-state index contributed by atoms with van der Waals surface area (Å²) in [6.07, 6.45) is 9.83. The first-order chi connectivity index (χ1) is 27.3. The normalized spacial score (nSPS) is 13.8. The van der Waals surface area contributed by atoms with Gasteiger partial charge in [0.25, 0.3) is 0 Å². The minimum Gasteiger partial charge on any atom is -0.453 e. The number of anilines is 6. The summed E-state index contributed by atoms with van der Waals surface area (Å²) in [5.74, 6) is 0.327. The zero-order chi connectivity index (χ0) is 36.6. The van der Waals surface area contributed by atoms with Crippen LogP contribution in [0.15, 0.2) is 217 Å². The van der Waals surface area contributed by atoms with Crippen LogP contribution in [0.1, 0.15) is 17.9 Å². The Morgan fingerprint density at radius 2 is 1.05 bits per heavy atom. The van der Waals surface area contributed by atoms with Gasteiger partial charge in [0.2, 0.25) is 0 Å². The zero-order valence-corrected chi connectivity index (χ0v) is 30.3. The quantitative estimate of drug-likeness (QED) is 0.157. The van der Waals surface area contributed by atoms with Gasteiger partial charge in [0.05, 0.1) is 16.8 Å². The maximum Gasteiger partial charge on any atom is 0.161 e. The number of para-hydroxylation sites is 2. The van der Waals surface area contributed by atoms with Crippen molar-refractivity contribution in [1.82, 2.24) is 0 Å². The number of hydrogen-bond acceptors (Lipinski definition) is 3. The van der Waals surface area contributed by atoms with Crippen molar-refractivity contribution in [2.24, 2.45) is 0 Å². The summed E-state index contributed by atoms with van der Waals surface area (Å²) < 4.78 is 7.23. The standard InChI is InChI=1S/C52H38N2O/c1-5-17-37(18-6-1)40-22-15-28-44(35-40)53(42-24-9-3-10-25-42)48-33-34-49(52-50(48)47-32-31-39-21-13-14-30-46(39)51(47)55-52)54(43-26-11-4-12-27-43)45-29-16-23-41(36-45)38-19-7-2-8-20-38/h1-19,21-36,38H,20H2. The molecule has 0 amide bonds. The van der Waals surface area contributed by atoms with Gasteiger partial charge >= 0.3 is 0 Å². The number of allylic oxidation sites excluding steroid dienone is 4. The molecule has 1 heterocycles. The van der Waals surface area contributed by atoms with Gasteiger partial charge in [-0.2, -0.15) is 0 Å². The summed E-state index contributed by atoms with van der Waals surface area (Å²) in [4.78, 5) is 4.73. The van der Waals surface area contributed by atoms with Crippen molar-refractivity contribution in [1.29, 1.82) is 0 Å². The van der Waals surface area contributed by atoms with E-state index in [4.69, 9.17) is 4.42 Å². The SMILES string of the molecule is C1=CCC(c2cccc(N(c3ccccc3)c3ccc(N(c4ccccc4)c4cccc(-c5ccccc5)c4)c4c3oc3c5ccccc5ccc34)c2)C=C1. The number of furan rings is 1. The lowest BCUT2D eigenvalue weighted by Gasteiger charge is -2.29. The molecule has 1 atom stereocenters. The molecule has 1 aliphatic rings. The second kappa shape index (κ2) is 14.0. The van der Waals surface area contributed by atoms with Gasteiger partial charge in [0, 0.05) is 39.4 Å². The molecule has 3 nitrogen and oxygen atoms in total. The molecule has 1 aromatic heterocycles. The molecule has 262 valence electrons. The highest BCUT2D eigenvalue weighted by Gasteiger charge is 2.26. The van der Waals surface area contributed by atoms with Crippen LogP contribution in [0.5, 0.6) is 0 Å². The highest BCUT2D eigenvalue weighted by molar-refractivity contribution is 6.22. The average Bonchev–Trinajstić information content (AvgIpc) is 3.67. The minimum absolute atomic E-state index is 0.327. The number of nitrogens with zero attached hydrogens (tertiary/aromatic N) is 2. The fourth-order valence-corrected chi connectivity index (χ4v) is 8.13. The summed E-state index contributed by atoms with van der Waals surface area (Å²) in [5, 5.41) is 4.38. The van der Waals surface area contributed by atoms with Crippen LogP contribution in [0.2, 0.25) is 0 Å². The Labute approximate surface area is 321 Å². The van der Waals surface area contributed by atoms with Crippen LogP contribution >= 0.6 is 0 Å².